The van der Waals surface area contributed by atoms with Crippen LogP contribution in [-0.4, -0.2) is 34.3 Å². The van der Waals surface area contributed by atoms with Crippen LogP contribution in [0.3, 0.4) is 0 Å². The summed E-state index contributed by atoms with van der Waals surface area (Å²) in [6, 6.07) is -0.163. The van der Waals surface area contributed by atoms with Crippen molar-refractivity contribution in [3.8, 4) is 0 Å². The molecule has 0 aliphatic rings. The van der Waals surface area contributed by atoms with Gasteiger partial charge in [-0.25, -0.2) is 13.1 Å². The van der Waals surface area contributed by atoms with Gasteiger partial charge >= 0.3 is 12.0 Å². The number of anilines is 1. The largest absolute Gasteiger partial charge is 0.480 e. The molecular formula is C9H10N4O5S. The van der Waals surface area contributed by atoms with Crippen LogP contribution in [0.5, 0.6) is 0 Å². The van der Waals surface area contributed by atoms with Crippen molar-refractivity contribution in [2.75, 3.05) is 4.72 Å². The van der Waals surface area contributed by atoms with Gasteiger partial charge < -0.3 is 9.52 Å². The number of hydrogen-bond donors (Lipinski definition) is 2. The lowest BCUT2D eigenvalue weighted by molar-refractivity contribution is -0.137. The molecule has 2 aromatic heterocycles. The van der Waals surface area contributed by atoms with Gasteiger partial charge in [-0.15, -0.1) is 0 Å². The number of rotatable bonds is 5. The molecule has 0 saturated carbocycles. The molecule has 2 rings (SSSR count). The molecule has 0 aliphatic carbocycles. The zero-order chi connectivity index (χ0) is 14.0. The van der Waals surface area contributed by atoms with Crippen molar-refractivity contribution in [1.29, 1.82) is 0 Å². The van der Waals surface area contributed by atoms with Crippen LogP contribution in [0.1, 0.15) is 5.69 Å². The third kappa shape index (κ3) is 3.10. The van der Waals surface area contributed by atoms with Crippen LogP contribution in [0.2, 0.25) is 0 Å². The number of carboxylic acids is 1. The Morgan fingerprint density at radius 3 is 2.89 bits per heavy atom. The number of hydrogen-bond acceptors (Lipinski definition) is 6. The summed E-state index contributed by atoms with van der Waals surface area (Å²) >= 11 is 0. The zero-order valence-corrected chi connectivity index (χ0v) is 10.6. The Morgan fingerprint density at radius 2 is 2.32 bits per heavy atom. The van der Waals surface area contributed by atoms with Crippen LogP contribution in [0.15, 0.2) is 28.0 Å². The van der Waals surface area contributed by atoms with Crippen molar-refractivity contribution in [2.24, 2.45) is 0 Å². The SMILES string of the molecule is Cc1coc(NS(=O)(=O)c2cnn(CC(=O)O)c2)n1. The zero-order valence-electron chi connectivity index (χ0n) is 9.77. The maximum absolute atomic E-state index is 11.9. The molecule has 102 valence electrons. The van der Waals surface area contributed by atoms with E-state index in [0.29, 0.717) is 5.69 Å². The number of aliphatic carboxylic acids is 1. The first kappa shape index (κ1) is 13.1. The summed E-state index contributed by atoms with van der Waals surface area (Å²) < 4.78 is 31.8. The molecule has 0 fully saturated rings. The molecule has 0 saturated heterocycles. The molecule has 0 atom stereocenters. The second-order valence-corrected chi connectivity index (χ2v) is 5.35. The normalized spacial score (nSPS) is 11.4. The molecule has 0 spiro atoms. The maximum Gasteiger partial charge on any atom is 0.325 e. The van der Waals surface area contributed by atoms with Gasteiger partial charge in [0.05, 0.1) is 11.9 Å². The standard InChI is InChI=1S/C9H10N4O5S/c1-6-5-18-9(11-6)12-19(16,17)7-2-10-13(3-7)4-8(14)15/h2-3,5H,4H2,1H3,(H,11,12)(H,14,15). The number of aryl methyl sites for hydroxylation is 1. The Morgan fingerprint density at radius 1 is 1.58 bits per heavy atom. The van der Waals surface area contributed by atoms with Crippen molar-refractivity contribution < 1.29 is 22.7 Å². The molecule has 0 radical (unpaired) electrons. The molecule has 9 nitrogen and oxygen atoms in total. The highest BCUT2D eigenvalue weighted by molar-refractivity contribution is 7.92. The number of sulfonamides is 1. The Hall–Kier alpha value is -2.36. The summed E-state index contributed by atoms with van der Waals surface area (Å²) in [5.41, 5.74) is 0.527. The molecule has 0 aliphatic heterocycles. The summed E-state index contributed by atoms with van der Waals surface area (Å²) in [6.07, 6.45) is 3.44. The van der Waals surface area contributed by atoms with Crippen LogP contribution in [-0.2, 0) is 21.4 Å². The predicted octanol–water partition coefficient (Wildman–Crippen LogP) is 0.0649. The van der Waals surface area contributed by atoms with Crippen molar-refractivity contribution in [1.82, 2.24) is 14.8 Å². The number of oxazole rings is 1. The van der Waals surface area contributed by atoms with Crippen LogP contribution in [0.4, 0.5) is 6.01 Å². The number of nitrogens with one attached hydrogen (secondary N) is 1. The number of nitrogens with zero attached hydrogens (tertiary/aromatic N) is 3. The van der Waals surface area contributed by atoms with E-state index in [-0.39, 0.29) is 10.9 Å². The Kier molecular flexibility index (Phi) is 3.25. The van der Waals surface area contributed by atoms with E-state index < -0.39 is 22.5 Å². The van der Waals surface area contributed by atoms with Crippen molar-refractivity contribution >= 4 is 22.0 Å². The fraction of sp³-hybridized carbons (Fsp3) is 0.222. The summed E-state index contributed by atoms with van der Waals surface area (Å²) in [4.78, 5) is 14.1. The van der Waals surface area contributed by atoms with Crippen LogP contribution in [0.25, 0.3) is 0 Å². The maximum atomic E-state index is 11.9. The predicted molar refractivity (Wildman–Crippen MR) is 61.9 cm³/mol. The lowest BCUT2D eigenvalue weighted by Crippen LogP contribution is -2.13. The molecule has 0 aromatic carbocycles. The van der Waals surface area contributed by atoms with Crippen molar-refractivity contribution in [2.45, 2.75) is 18.4 Å². The molecule has 0 bridgehead atoms. The average Bonchev–Trinajstić information content (AvgIpc) is 2.87. The van der Waals surface area contributed by atoms with Gasteiger partial charge in [0.15, 0.2) is 0 Å². The summed E-state index contributed by atoms with van der Waals surface area (Å²) in [6.45, 7) is 1.22. The quantitative estimate of drug-likeness (QED) is 0.795. The van der Waals surface area contributed by atoms with E-state index in [2.05, 4.69) is 14.8 Å². The summed E-state index contributed by atoms with van der Waals surface area (Å²) in [5.74, 6) is -1.12. The lowest BCUT2D eigenvalue weighted by atomic mass is 10.6. The van der Waals surface area contributed by atoms with E-state index in [0.717, 1.165) is 17.1 Å². The Labute approximate surface area is 107 Å². The smallest absolute Gasteiger partial charge is 0.325 e. The Bertz CT molecular complexity index is 702. The van der Waals surface area contributed by atoms with E-state index >= 15 is 0 Å². The van der Waals surface area contributed by atoms with E-state index in [1.54, 1.807) is 6.92 Å². The van der Waals surface area contributed by atoms with E-state index in [1.807, 2.05) is 0 Å². The fourth-order valence-electron chi connectivity index (χ4n) is 1.28. The number of carbonyl (C=O) groups is 1. The van der Waals surface area contributed by atoms with Crippen molar-refractivity contribution in [3.05, 3.63) is 24.4 Å². The first-order valence-corrected chi connectivity index (χ1v) is 6.54. The van der Waals surface area contributed by atoms with Gasteiger partial charge in [-0.2, -0.15) is 10.1 Å². The highest BCUT2D eigenvalue weighted by Crippen LogP contribution is 2.14. The molecule has 0 amide bonds. The summed E-state index contributed by atoms with van der Waals surface area (Å²) in [7, 11) is -3.90. The van der Waals surface area contributed by atoms with E-state index in [9.17, 15) is 13.2 Å². The third-order valence-corrected chi connectivity index (χ3v) is 3.33. The highest BCUT2D eigenvalue weighted by atomic mass is 32.2. The minimum absolute atomic E-state index is 0.163. The second-order valence-electron chi connectivity index (χ2n) is 3.67. The molecule has 19 heavy (non-hydrogen) atoms. The van der Waals surface area contributed by atoms with Gasteiger partial charge in [-0.05, 0) is 6.92 Å². The van der Waals surface area contributed by atoms with E-state index in [1.165, 1.54) is 6.26 Å². The molecule has 2 N–H and O–H groups in total. The molecule has 0 unspecified atom stereocenters. The first-order valence-electron chi connectivity index (χ1n) is 5.06. The molecule has 2 heterocycles. The van der Waals surface area contributed by atoms with Crippen LogP contribution >= 0.6 is 0 Å². The lowest BCUT2D eigenvalue weighted by Gasteiger charge is -2.00. The van der Waals surface area contributed by atoms with Crippen molar-refractivity contribution in [3.63, 3.8) is 0 Å². The minimum Gasteiger partial charge on any atom is -0.480 e. The monoisotopic (exact) mass is 286 g/mol. The third-order valence-electron chi connectivity index (χ3n) is 2.06. The highest BCUT2D eigenvalue weighted by Gasteiger charge is 2.19. The molecule has 10 heteroatoms. The topological polar surface area (TPSA) is 127 Å². The van der Waals surface area contributed by atoms with Gasteiger partial charge in [0, 0.05) is 6.20 Å². The summed E-state index contributed by atoms with van der Waals surface area (Å²) in [5, 5.41) is 12.2. The fourth-order valence-corrected chi connectivity index (χ4v) is 2.17. The molecular weight excluding hydrogens is 276 g/mol. The second kappa shape index (κ2) is 4.72. The van der Waals surface area contributed by atoms with E-state index in [4.69, 9.17) is 9.52 Å². The van der Waals surface area contributed by atoms with Gasteiger partial charge in [0.1, 0.15) is 17.7 Å². The minimum atomic E-state index is -3.90. The van der Waals surface area contributed by atoms with Crippen LogP contribution in [0, 0.1) is 6.92 Å². The average molecular weight is 286 g/mol. The first-order chi connectivity index (χ1) is 8.87. The Balaban J connectivity index is 2.19. The van der Waals surface area contributed by atoms with Gasteiger partial charge in [0.2, 0.25) is 0 Å². The number of carboxylic acid groups (broad SMARTS) is 1. The van der Waals surface area contributed by atoms with Crippen LogP contribution < -0.4 is 4.72 Å². The number of aromatic nitrogens is 3. The molecule has 2 aromatic rings. The van der Waals surface area contributed by atoms with Gasteiger partial charge in [-0.1, -0.05) is 0 Å². The van der Waals surface area contributed by atoms with Gasteiger partial charge in [-0.3, -0.25) is 9.48 Å². The van der Waals surface area contributed by atoms with Gasteiger partial charge in [0.25, 0.3) is 10.0 Å².